The third kappa shape index (κ3) is 4.80. The molecular formula is C16H20FN3O2S. The quantitative estimate of drug-likeness (QED) is 0.789. The van der Waals surface area contributed by atoms with Gasteiger partial charge in [0.1, 0.15) is 5.82 Å². The van der Waals surface area contributed by atoms with Gasteiger partial charge in [-0.25, -0.2) is 9.37 Å². The Kier molecular flexibility index (Phi) is 6.18. The Morgan fingerprint density at radius 3 is 2.91 bits per heavy atom. The molecule has 5 nitrogen and oxygen atoms in total. The van der Waals surface area contributed by atoms with Crippen molar-refractivity contribution < 1.29 is 13.9 Å². The summed E-state index contributed by atoms with van der Waals surface area (Å²) in [6.07, 6.45) is 0. The largest absolute Gasteiger partial charge is 0.383 e. The molecule has 1 aromatic carbocycles. The first-order chi connectivity index (χ1) is 11.0. The van der Waals surface area contributed by atoms with Crippen LogP contribution in [0.5, 0.6) is 0 Å². The molecule has 0 bridgehead atoms. The number of hydrogen-bond acceptors (Lipinski definition) is 4. The lowest BCUT2D eigenvalue weighted by Gasteiger charge is -2.09. The van der Waals surface area contributed by atoms with Crippen LogP contribution >= 0.6 is 11.8 Å². The third-order valence-electron chi connectivity index (χ3n) is 3.38. The SMILES string of the molecule is COCCn1c(SCC(=O)Nc2cccc(F)c2)nc(C)c1C. The number of aromatic nitrogens is 2. The number of carbonyl (C=O) groups excluding carboxylic acids is 1. The highest BCUT2D eigenvalue weighted by atomic mass is 32.2. The molecule has 7 heteroatoms. The number of carbonyl (C=O) groups is 1. The summed E-state index contributed by atoms with van der Waals surface area (Å²) in [4.78, 5) is 16.5. The summed E-state index contributed by atoms with van der Waals surface area (Å²) >= 11 is 1.35. The number of ether oxygens (including phenoxy) is 1. The summed E-state index contributed by atoms with van der Waals surface area (Å²) < 4.78 is 20.3. The van der Waals surface area contributed by atoms with Crippen molar-refractivity contribution in [3.8, 4) is 0 Å². The van der Waals surface area contributed by atoms with E-state index in [9.17, 15) is 9.18 Å². The van der Waals surface area contributed by atoms with Crippen molar-refractivity contribution in [3.05, 3.63) is 41.5 Å². The van der Waals surface area contributed by atoms with E-state index >= 15 is 0 Å². The maximum absolute atomic E-state index is 13.1. The van der Waals surface area contributed by atoms with Crippen LogP contribution in [-0.2, 0) is 16.1 Å². The Hall–Kier alpha value is -1.86. The first-order valence-corrected chi connectivity index (χ1v) is 8.20. The van der Waals surface area contributed by atoms with Gasteiger partial charge in [-0.05, 0) is 32.0 Å². The van der Waals surface area contributed by atoms with Gasteiger partial charge in [-0.3, -0.25) is 4.79 Å². The van der Waals surface area contributed by atoms with Gasteiger partial charge >= 0.3 is 0 Å². The van der Waals surface area contributed by atoms with E-state index in [0.29, 0.717) is 18.8 Å². The summed E-state index contributed by atoms with van der Waals surface area (Å²) in [7, 11) is 1.65. The molecule has 1 amide bonds. The standard InChI is InChI=1S/C16H20FN3O2S/c1-11-12(2)20(7-8-22-3)16(18-11)23-10-15(21)19-14-6-4-5-13(17)9-14/h4-6,9H,7-8,10H2,1-3H3,(H,19,21). The highest BCUT2D eigenvalue weighted by Gasteiger charge is 2.13. The molecule has 0 saturated heterocycles. The van der Waals surface area contributed by atoms with Gasteiger partial charge in [0.15, 0.2) is 5.16 Å². The van der Waals surface area contributed by atoms with Gasteiger partial charge < -0.3 is 14.6 Å². The highest BCUT2D eigenvalue weighted by molar-refractivity contribution is 7.99. The Bertz CT molecular complexity index is 688. The number of rotatable bonds is 7. The van der Waals surface area contributed by atoms with Crippen LogP contribution in [-0.4, -0.2) is 34.9 Å². The molecule has 0 aliphatic rings. The fourth-order valence-corrected chi connectivity index (χ4v) is 2.99. The molecule has 0 atom stereocenters. The van der Waals surface area contributed by atoms with Crippen LogP contribution < -0.4 is 5.32 Å². The zero-order valence-corrected chi connectivity index (χ0v) is 14.2. The van der Waals surface area contributed by atoms with E-state index in [4.69, 9.17) is 4.74 Å². The predicted octanol–water partition coefficient (Wildman–Crippen LogP) is 3.02. The summed E-state index contributed by atoms with van der Waals surface area (Å²) in [6.45, 7) is 5.21. The Morgan fingerprint density at radius 1 is 1.43 bits per heavy atom. The average molecular weight is 337 g/mol. The minimum atomic E-state index is -0.378. The number of benzene rings is 1. The number of halogens is 1. The zero-order valence-electron chi connectivity index (χ0n) is 13.4. The van der Waals surface area contributed by atoms with Crippen molar-refractivity contribution in [2.24, 2.45) is 0 Å². The summed E-state index contributed by atoms with van der Waals surface area (Å²) in [5, 5.41) is 3.46. The van der Waals surface area contributed by atoms with Crippen LogP contribution in [0.3, 0.4) is 0 Å². The molecule has 2 rings (SSSR count). The fraction of sp³-hybridized carbons (Fsp3) is 0.375. The van der Waals surface area contributed by atoms with Gasteiger partial charge in [0.2, 0.25) is 5.91 Å². The van der Waals surface area contributed by atoms with Gasteiger partial charge in [-0.15, -0.1) is 0 Å². The number of aryl methyl sites for hydroxylation is 1. The molecule has 2 aromatic rings. The van der Waals surface area contributed by atoms with Crippen molar-refractivity contribution in [2.75, 3.05) is 24.8 Å². The molecular weight excluding hydrogens is 317 g/mol. The van der Waals surface area contributed by atoms with Crippen molar-refractivity contribution >= 4 is 23.4 Å². The molecule has 0 unspecified atom stereocenters. The van der Waals surface area contributed by atoms with E-state index in [-0.39, 0.29) is 17.5 Å². The maximum atomic E-state index is 13.1. The van der Waals surface area contributed by atoms with E-state index in [1.165, 1.54) is 23.9 Å². The molecule has 1 heterocycles. The number of anilines is 1. The lowest BCUT2D eigenvalue weighted by atomic mass is 10.3. The molecule has 0 aliphatic heterocycles. The number of hydrogen-bond donors (Lipinski definition) is 1. The van der Waals surface area contributed by atoms with E-state index in [1.807, 2.05) is 18.4 Å². The Balaban J connectivity index is 1.97. The van der Waals surface area contributed by atoms with Crippen LogP contribution in [0, 0.1) is 19.7 Å². The topological polar surface area (TPSA) is 56.1 Å². The maximum Gasteiger partial charge on any atom is 0.234 e. The average Bonchev–Trinajstić information content (AvgIpc) is 2.78. The van der Waals surface area contributed by atoms with Crippen molar-refractivity contribution in [1.82, 2.24) is 9.55 Å². The number of thioether (sulfide) groups is 1. The van der Waals surface area contributed by atoms with E-state index in [0.717, 1.165) is 16.5 Å². The first kappa shape index (κ1) is 17.5. The summed E-state index contributed by atoms with van der Waals surface area (Å²) in [5.41, 5.74) is 2.45. The second-order valence-corrected chi connectivity index (χ2v) is 6.00. The second-order valence-electron chi connectivity index (χ2n) is 5.06. The van der Waals surface area contributed by atoms with Crippen LogP contribution in [0.2, 0.25) is 0 Å². The van der Waals surface area contributed by atoms with Crippen molar-refractivity contribution in [2.45, 2.75) is 25.5 Å². The summed E-state index contributed by atoms with van der Waals surface area (Å²) in [6, 6.07) is 5.83. The van der Waals surface area contributed by atoms with Crippen LogP contribution in [0.4, 0.5) is 10.1 Å². The number of amides is 1. The molecule has 124 valence electrons. The lowest BCUT2D eigenvalue weighted by molar-refractivity contribution is -0.113. The Morgan fingerprint density at radius 2 is 2.22 bits per heavy atom. The van der Waals surface area contributed by atoms with Crippen molar-refractivity contribution in [3.63, 3.8) is 0 Å². The lowest BCUT2D eigenvalue weighted by Crippen LogP contribution is -2.15. The Labute approximate surface area is 139 Å². The van der Waals surface area contributed by atoms with Gasteiger partial charge in [0, 0.05) is 25.0 Å². The second kappa shape index (κ2) is 8.12. The zero-order chi connectivity index (χ0) is 16.8. The number of methoxy groups -OCH3 is 1. The smallest absolute Gasteiger partial charge is 0.234 e. The van der Waals surface area contributed by atoms with Gasteiger partial charge in [0.05, 0.1) is 18.1 Å². The van der Waals surface area contributed by atoms with E-state index in [2.05, 4.69) is 10.3 Å². The monoisotopic (exact) mass is 337 g/mol. The van der Waals surface area contributed by atoms with Gasteiger partial charge in [-0.2, -0.15) is 0 Å². The molecule has 0 saturated carbocycles. The number of nitrogens with one attached hydrogen (secondary N) is 1. The van der Waals surface area contributed by atoms with Gasteiger partial charge in [-0.1, -0.05) is 17.8 Å². The van der Waals surface area contributed by atoms with Gasteiger partial charge in [0.25, 0.3) is 0 Å². The minimum absolute atomic E-state index is 0.197. The molecule has 1 N–H and O–H groups in total. The van der Waals surface area contributed by atoms with E-state index < -0.39 is 0 Å². The predicted molar refractivity (Wildman–Crippen MR) is 89.3 cm³/mol. The number of imidazole rings is 1. The molecule has 0 spiro atoms. The fourth-order valence-electron chi connectivity index (χ4n) is 2.07. The third-order valence-corrected chi connectivity index (χ3v) is 4.36. The highest BCUT2D eigenvalue weighted by Crippen LogP contribution is 2.21. The molecule has 0 radical (unpaired) electrons. The first-order valence-electron chi connectivity index (χ1n) is 7.22. The molecule has 1 aromatic heterocycles. The molecule has 0 aliphatic carbocycles. The summed E-state index contributed by atoms with van der Waals surface area (Å²) in [5.74, 6) is -0.367. The van der Waals surface area contributed by atoms with E-state index in [1.54, 1.807) is 19.2 Å². The van der Waals surface area contributed by atoms with Crippen molar-refractivity contribution in [1.29, 1.82) is 0 Å². The van der Waals surface area contributed by atoms with Crippen LogP contribution in [0.15, 0.2) is 29.4 Å². The van der Waals surface area contributed by atoms with Crippen LogP contribution in [0.1, 0.15) is 11.4 Å². The molecule has 23 heavy (non-hydrogen) atoms. The molecule has 0 fully saturated rings. The normalized spacial score (nSPS) is 10.8. The minimum Gasteiger partial charge on any atom is -0.383 e. The number of nitrogens with zero attached hydrogens (tertiary/aromatic N) is 2. The van der Waals surface area contributed by atoms with Crippen LogP contribution in [0.25, 0.3) is 0 Å².